The van der Waals surface area contributed by atoms with E-state index in [1.54, 1.807) is 0 Å². The van der Waals surface area contributed by atoms with Gasteiger partial charge in [-0.15, -0.1) is 0 Å². The zero-order valence-corrected chi connectivity index (χ0v) is 19.5. The average Bonchev–Trinajstić information content (AvgIpc) is 3.04. The predicted octanol–water partition coefficient (Wildman–Crippen LogP) is 7.46. The van der Waals surface area contributed by atoms with E-state index < -0.39 is 6.10 Å². The van der Waals surface area contributed by atoms with Gasteiger partial charge in [0.2, 0.25) is 0 Å². The van der Waals surface area contributed by atoms with Gasteiger partial charge in [0.1, 0.15) is 6.17 Å². The molecule has 0 bridgehead atoms. The van der Waals surface area contributed by atoms with E-state index in [-0.39, 0.29) is 6.17 Å². The van der Waals surface area contributed by atoms with Crippen LogP contribution in [0.15, 0.2) is 87.8 Å². The van der Waals surface area contributed by atoms with Crippen LogP contribution in [0, 0.1) is 0 Å². The van der Waals surface area contributed by atoms with Crippen LogP contribution in [0.5, 0.6) is 0 Å². The van der Waals surface area contributed by atoms with E-state index in [1.165, 1.54) is 5.39 Å². The number of nitrogens with zero attached hydrogens (tertiary/aromatic N) is 1. The molecule has 0 amide bonds. The maximum absolute atomic E-state index is 10.8. The topological polar surface area (TPSA) is 37.2 Å². The Morgan fingerprint density at radius 2 is 1.37 bits per heavy atom. The van der Waals surface area contributed by atoms with Crippen LogP contribution >= 0.6 is 31.9 Å². The number of aliphatic hydroxyl groups excluding tert-OH is 1. The molecule has 2 atom stereocenters. The highest BCUT2D eigenvalue weighted by Crippen LogP contribution is 2.37. The van der Waals surface area contributed by atoms with Gasteiger partial charge in [-0.2, -0.15) is 0 Å². The second-order valence-electron chi connectivity index (χ2n) is 7.55. The van der Waals surface area contributed by atoms with Crippen molar-refractivity contribution >= 4 is 70.1 Å². The lowest BCUT2D eigenvalue weighted by Crippen LogP contribution is -2.28. The van der Waals surface area contributed by atoms with Gasteiger partial charge >= 0.3 is 0 Å². The molecule has 3 nitrogen and oxygen atoms in total. The van der Waals surface area contributed by atoms with Crippen molar-refractivity contribution in [2.24, 2.45) is 0 Å². The van der Waals surface area contributed by atoms with Crippen LogP contribution in [-0.2, 0) is 0 Å². The average molecular weight is 524 g/mol. The molecule has 5 heteroatoms. The summed E-state index contributed by atoms with van der Waals surface area (Å²) >= 11 is 7.21. The van der Waals surface area contributed by atoms with Crippen molar-refractivity contribution in [1.29, 1.82) is 0 Å². The molecule has 0 aliphatic heterocycles. The predicted molar refractivity (Wildman–Crippen MR) is 133 cm³/mol. The Morgan fingerprint density at radius 3 is 2.00 bits per heavy atom. The minimum absolute atomic E-state index is 0.335. The summed E-state index contributed by atoms with van der Waals surface area (Å²) in [7, 11) is 0. The molecule has 2 unspecified atom stereocenters. The number of halogens is 2. The van der Waals surface area contributed by atoms with Gasteiger partial charge in [-0.3, -0.25) is 0 Å². The fourth-order valence-electron chi connectivity index (χ4n) is 4.21. The molecule has 0 spiro atoms. The third-order valence-corrected chi connectivity index (χ3v) is 6.54. The summed E-state index contributed by atoms with van der Waals surface area (Å²) in [6.45, 7) is 1.83. The smallest absolute Gasteiger partial charge is 0.130 e. The largest absolute Gasteiger partial charge is 0.389 e. The summed E-state index contributed by atoms with van der Waals surface area (Å²) in [4.78, 5) is 0. The summed E-state index contributed by atoms with van der Waals surface area (Å²) < 4.78 is 4.27. The number of aliphatic hydroxyl groups is 1. The summed E-state index contributed by atoms with van der Waals surface area (Å²) in [5.41, 5.74) is 3.15. The maximum Gasteiger partial charge on any atom is 0.130 e. The van der Waals surface area contributed by atoms with Gasteiger partial charge in [-0.25, -0.2) is 0 Å². The molecule has 0 saturated carbocycles. The third kappa shape index (κ3) is 3.31. The fraction of sp³-hybridized carbons (Fsp3) is 0.120. The van der Waals surface area contributed by atoms with Crippen molar-refractivity contribution in [2.45, 2.75) is 19.2 Å². The van der Waals surface area contributed by atoms with Gasteiger partial charge in [-0.1, -0.05) is 68.3 Å². The van der Waals surface area contributed by atoms with Crippen molar-refractivity contribution in [3.8, 4) is 0 Å². The first-order valence-corrected chi connectivity index (χ1v) is 11.4. The fourth-order valence-corrected chi connectivity index (χ4v) is 4.93. The molecule has 1 aromatic heterocycles. The highest BCUT2D eigenvalue weighted by Gasteiger charge is 2.23. The molecule has 150 valence electrons. The van der Waals surface area contributed by atoms with Gasteiger partial charge in [0, 0.05) is 30.8 Å². The van der Waals surface area contributed by atoms with Crippen LogP contribution in [0.4, 0.5) is 5.69 Å². The Bertz CT molecular complexity index is 1330. The van der Waals surface area contributed by atoms with Crippen molar-refractivity contribution in [2.75, 3.05) is 5.32 Å². The first-order valence-electron chi connectivity index (χ1n) is 9.84. The van der Waals surface area contributed by atoms with Gasteiger partial charge < -0.3 is 15.0 Å². The van der Waals surface area contributed by atoms with Crippen LogP contribution in [0.3, 0.4) is 0 Å². The third-order valence-electron chi connectivity index (χ3n) is 5.55. The number of aromatic nitrogens is 1. The Balaban J connectivity index is 1.75. The number of fused-ring (bicyclic) bond motifs is 4. The summed E-state index contributed by atoms with van der Waals surface area (Å²) in [5.74, 6) is 0. The summed E-state index contributed by atoms with van der Waals surface area (Å²) in [5, 5.41) is 19.1. The highest BCUT2D eigenvalue weighted by atomic mass is 79.9. The molecule has 0 radical (unpaired) electrons. The van der Waals surface area contributed by atoms with Crippen LogP contribution in [0.1, 0.15) is 13.1 Å². The van der Waals surface area contributed by atoms with Crippen molar-refractivity contribution in [3.05, 3.63) is 87.8 Å². The van der Waals surface area contributed by atoms with Gasteiger partial charge in [-0.05, 0) is 54.8 Å². The van der Waals surface area contributed by atoms with Crippen LogP contribution in [0.25, 0.3) is 32.6 Å². The molecule has 1 heterocycles. The first-order chi connectivity index (χ1) is 14.5. The number of benzene rings is 4. The molecular weight excluding hydrogens is 504 g/mol. The SMILES string of the molecule is CC(O)C(Nc1cccc2ccccc12)n1c2ccc(Br)cc2c2cc(Br)ccc21. The second kappa shape index (κ2) is 7.73. The summed E-state index contributed by atoms with van der Waals surface area (Å²) in [6.07, 6.45) is -0.951. The molecule has 4 aromatic carbocycles. The molecule has 0 aliphatic rings. The normalized spacial score (nSPS) is 13.7. The number of hydrogen-bond acceptors (Lipinski definition) is 2. The molecule has 0 saturated heterocycles. The zero-order chi connectivity index (χ0) is 20.8. The van der Waals surface area contributed by atoms with Crippen molar-refractivity contribution in [1.82, 2.24) is 4.57 Å². The number of hydrogen-bond donors (Lipinski definition) is 2. The monoisotopic (exact) mass is 522 g/mol. The van der Waals surface area contributed by atoms with E-state index in [2.05, 4.69) is 90.3 Å². The van der Waals surface area contributed by atoms with Gasteiger partial charge in [0.05, 0.1) is 17.1 Å². The van der Waals surface area contributed by atoms with Gasteiger partial charge in [0.25, 0.3) is 0 Å². The lowest BCUT2D eigenvalue weighted by Gasteiger charge is -2.27. The van der Waals surface area contributed by atoms with E-state index in [1.807, 2.05) is 37.3 Å². The lowest BCUT2D eigenvalue weighted by molar-refractivity contribution is 0.147. The molecule has 5 aromatic rings. The quantitative estimate of drug-likeness (QED) is 0.256. The number of nitrogens with one attached hydrogen (secondary N) is 1. The van der Waals surface area contributed by atoms with E-state index in [4.69, 9.17) is 0 Å². The number of anilines is 1. The first kappa shape index (κ1) is 19.6. The lowest BCUT2D eigenvalue weighted by atomic mass is 10.1. The minimum atomic E-state index is -0.616. The minimum Gasteiger partial charge on any atom is -0.389 e. The van der Waals surface area contributed by atoms with Gasteiger partial charge in [0.15, 0.2) is 0 Å². The van der Waals surface area contributed by atoms with Crippen molar-refractivity contribution < 1.29 is 5.11 Å². The Labute approximate surface area is 191 Å². The highest BCUT2D eigenvalue weighted by molar-refractivity contribution is 9.10. The van der Waals surface area contributed by atoms with E-state index in [9.17, 15) is 5.11 Å². The molecule has 0 aliphatic carbocycles. The van der Waals surface area contributed by atoms with Crippen LogP contribution in [-0.4, -0.2) is 15.8 Å². The Kier molecular flexibility index (Phi) is 5.05. The molecular formula is C25H20Br2N2O. The Morgan fingerprint density at radius 1 is 0.767 bits per heavy atom. The van der Waals surface area contributed by atoms with Crippen LogP contribution in [0.2, 0.25) is 0 Å². The molecule has 30 heavy (non-hydrogen) atoms. The van der Waals surface area contributed by atoms with E-state index in [0.717, 1.165) is 41.8 Å². The van der Waals surface area contributed by atoms with E-state index in [0.29, 0.717) is 0 Å². The van der Waals surface area contributed by atoms with Crippen LogP contribution < -0.4 is 5.32 Å². The zero-order valence-electron chi connectivity index (χ0n) is 16.3. The second-order valence-corrected chi connectivity index (χ2v) is 9.38. The van der Waals surface area contributed by atoms with E-state index >= 15 is 0 Å². The molecule has 5 rings (SSSR count). The molecule has 0 fully saturated rings. The maximum atomic E-state index is 10.8. The van der Waals surface area contributed by atoms with Crippen molar-refractivity contribution in [3.63, 3.8) is 0 Å². The number of rotatable bonds is 4. The summed E-state index contributed by atoms with van der Waals surface area (Å²) in [6, 6.07) is 27.1. The Hall–Kier alpha value is -2.34. The standard InChI is InChI=1S/C25H20Br2N2O/c1-15(30)25(28-22-8-4-6-16-5-2-3-7-19(16)22)29-23-11-9-17(26)13-20(23)21-14-18(27)10-12-24(21)29/h2-15,25,28,30H,1H3. The molecule has 2 N–H and O–H groups in total.